The molecular formula is C8H7ClF3NO4S. The Labute approximate surface area is 105 Å². The minimum absolute atomic E-state index is 0.126. The quantitative estimate of drug-likeness (QED) is 0.801. The van der Waals surface area contributed by atoms with Gasteiger partial charge in [-0.3, -0.25) is 0 Å². The number of nitrogens with zero attached hydrogens (tertiary/aromatic N) is 1. The third-order valence-electron chi connectivity index (χ3n) is 1.76. The summed E-state index contributed by atoms with van der Waals surface area (Å²) in [5.41, 5.74) is -0.126. The first-order valence-electron chi connectivity index (χ1n) is 4.30. The molecule has 0 aromatic carbocycles. The van der Waals surface area contributed by atoms with Gasteiger partial charge in [0, 0.05) is 16.7 Å². The number of hydrogen-bond donors (Lipinski definition) is 0. The van der Waals surface area contributed by atoms with Crippen molar-refractivity contribution < 1.29 is 31.1 Å². The van der Waals surface area contributed by atoms with E-state index in [1.807, 2.05) is 0 Å². The van der Waals surface area contributed by atoms with Crippen LogP contribution >= 0.6 is 10.7 Å². The lowest BCUT2D eigenvalue weighted by Crippen LogP contribution is -2.20. The minimum atomic E-state index is -5.06. The summed E-state index contributed by atoms with van der Waals surface area (Å²) in [6, 6.07) is 1.09. The zero-order valence-electron chi connectivity index (χ0n) is 9.08. The van der Waals surface area contributed by atoms with E-state index in [4.69, 9.17) is 10.7 Å². The first-order chi connectivity index (χ1) is 8.04. The molecule has 1 rings (SSSR count). The lowest BCUT2D eigenvalue weighted by Gasteiger charge is -2.14. The van der Waals surface area contributed by atoms with Crippen molar-refractivity contribution in [3.63, 3.8) is 0 Å². The van der Waals surface area contributed by atoms with Crippen molar-refractivity contribution in [2.24, 2.45) is 0 Å². The first kappa shape index (κ1) is 14.8. The van der Waals surface area contributed by atoms with Crippen molar-refractivity contribution in [1.29, 1.82) is 0 Å². The molecule has 0 spiro atoms. The number of aryl methyl sites for hydroxylation is 1. The predicted molar refractivity (Wildman–Crippen MR) is 55.2 cm³/mol. The summed E-state index contributed by atoms with van der Waals surface area (Å²) >= 11 is 0. The van der Waals surface area contributed by atoms with Gasteiger partial charge in [-0.05, 0) is 12.5 Å². The summed E-state index contributed by atoms with van der Waals surface area (Å²) < 4.78 is 67.0. The molecule has 0 aliphatic heterocycles. The molecule has 0 saturated carbocycles. The molecule has 5 nitrogen and oxygen atoms in total. The van der Waals surface area contributed by atoms with Gasteiger partial charge in [-0.1, -0.05) is 0 Å². The van der Waals surface area contributed by atoms with Gasteiger partial charge in [-0.15, -0.1) is 13.2 Å². The molecule has 0 aliphatic carbocycles. The Bertz CT molecular complexity index is 558. The zero-order chi connectivity index (χ0) is 14.1. The molecular weight excluding hydrogens is 299 g/mol. The molecule has 0 saturated heterocycles. The number of pyridine rings is 1. The van der Waals surface area contributed by atoms with Crippen molar-refractivity contribution in [1.82, 2.24) is 4.98 Å². The van der Waals surface area contributed by atoms with Gasteiger partial charge in [0.1, 0.15) is 0 Å². The van der Waals surface area contributed by atoms with Crippen LogP contribution in [0.4, 0.5) is 13.2 Å². The lowest BCUT2D eigenvalue weighted by molar-refractivity contribution is -0.276. The molecule has 18 heavy (non-hydrogen) atoms. The average molecular weight is 306 g/mol. The highest BCUT2D eigenvalue weighted by Gasteiger charge is 2.35. The first-order valence-corrected chi connectivity index (χ1v) is 6.61. The van der Waals surface area contributed by atoms with Crippen molar-refractivity contribution in [3.05, 3.63) is 11.6 Å². The van der Waals surface area contributed by atoms with E-state index in [9.17, 15) is 21.6 Å². The summed E-state index contributed by atoms with van der Waals surface area (Å²) in [5, 5.41) is -1.04. The molecule has 1 aromatic rings. The number of alkyl halides is 3. The van der Waals surface area contributed by atoms with E-state index >= 15 is 0 Å². The molecule has 0 amide bonds. The number of methoxy groups -OCH3 is 1. The van der Waals surface area contributed by atoms with Gasteiger partial charge in [0.25, 0.3) is 9.05 Å². The maximum absolute atomic E-state index is 12.2. The molecule has 0 atom stereocenters. The largest absolute Gasteiger partial charge is 0.573 e. The highest BCUT2D eigenvalue weighted by molar-refractivity contribution is 8.13. The van der Waals surface area contributed by atoms with E-state index in [1.54, 1.807) is 0 Å². The van der Waals surface area contributed by atoms with Crippen LogP contribution in [0.25, 0.3) is 0 Å². The van der Waals surface area contributed by atoms with Gasteiger partial charge in [-0.25, -0.2) is 8.42 Å². The summed E-state index contributed by atoms with van der Waals surface area (Å²) in [5.74, 6) is -1.17. The monoisotopic (exact) mass is 305 g/mol. The van der Waals surface area contributed by atoms with Gasteiger partial charge in [-0.2, -0.15) is 4.98 Å². The normalized spacial score (nSPS) is 12.3. The van der Waals surface area contributed by atoms with Gasteiger partial charge in [0.05, 0.1) is 7.11 Å². The van der Waals surface area contributed by atoms with Crippen molar-refractivity contribution >= 4 is 19.7 Å². The maximum atomic E-state index is 12.2. The highest BCUT2D eigenvalue weighted by atomic mass is 35.7. The van der Waals surface area contributed by atoms with Gasteiger partial charge >= 0.3 is 6.36 Å². The maximum Gasteiger partial charge on any atom is 0.573 e. The summed E-state index contributed by atoms with van der Waals surface area (Å²) in [6.45, 7) is 1.21. The van der Waals surface area contributed by atoms with E-state index in [-0.39, 0.29) is 11.4 Å². The van der Waals surface area contributed by atoms with Crippen LogP contribution in [0.5, 0.6) is 11.6 Å². The van der Waals surface area contributed by atoms with Crippen LogP contribution in [0.1, 0.15) is 5.56 Å². The van der Waals surface area contributed by atoms with Crippen molar-refractivity contribution in [2.45, 2.75) is 18.3 Å². The van der Waals surface area contributed by atoms with Crippen LogP contribution in [0, 0.1) is 6.92 Å². The smallest absolute Gasteiger partial charge is 0.481 e. The number of rotatable bonds is 3. The van der Waals surface area contributed by atoms with Crippen LogP contribution in [0.3, 0.4) is 0 Å². The van der Waals surface area contributed by atoms with Gasteiger partial charge in [0.2, 0.25) is 10.9 Å². The number of ether oxygens (including phenoxy) is 2. The topological polar surface area (TPSA) is 65.5 Å². The van der Waals surface area contributed by atoms with E-state index in [0.29, 0.717) is 0 Å². The predicted octanol–water partition coefficient (Wildman–Crippen LogP) is 2.22. The molecule has 1 aromatic heterocycles. The van der Waals surface area contributed by atoms with Gasteiger partial charge in [0.15, 0.2) is 5.75 Å². The van der Waals surface area contributed by atoms with E-state index in [2.05, 4.69) is 14.5 Å². The number of hydrogen-bond acceptors (Lipinski definition) is 5. The Morgan fingerprint density at radius 1 is 1.39 bits per heavy atom. The van der Waals surface area contributed by atoms with Crippen LogP contribution in [0.15, 0.2) is 11.1 Å². The molecule has 0 N–H and O–H groups in total. The minimum Gasteiger partial charge on any atom is -0.481 e. The third kappa shape index (κ3) is 3.64. The lowest BCUT2D eigenvalue weighted by atomic mass is 10.3. The van der Waals surface area contributed by atoms with E-state index in [0.717, 1.165) is 6.07 Å². The Balaban J connectivity index is 3.49. The molecule has 102 valence electrons. The second-order valence-electron chi connectivity index (χ2n) is 3.10. The third-order valence-corrected chi connectivity index (χ3v) is 2.94. The Hall–Kier alpha value is -1.22. The number of aromatic nitrogens is 1. The van der Waals surface area contributed by atoms with Crippen LogP contribution in [-0.4, -0.2) is 26.9 Å². The Kier molecular flexibility index (Phi) is 3.96. The van der Waals surface area contributed by atoms with Crippen molar-refractivity contribution in [3.8, 4) is 11.6 Å². The molecule has 10 heteroatoms. The molecule has 0 unspecified atom stereocenters. The van der Waals surface area contributed by atoms with E-state index < -0.39 is 26.2 Å². The molecule has 0 bridgehead atoms. The Morgan fingerprint density at radius 3 is 2.33 bits per heavy atom. The second kappa shape index (κ2) is 4.81. The zero-order valence-corrected chi connectivity index (χ0v) is 10.7. The number of halogens is 4. The highest BCUT2D eigenvalue weighted by Crippen LogP contribution is 2.35. The van der Waals surface area contributed by atoms with Crippen LogP contribution in [0.2, 0.25) is 0 Å². The fraction of sp³-hybridized carbons (Fsp3) is 0.375. The van der Waals surface area contributed by atoms with Crippen molar-refractivity contribution in [2.75, 3.05) is 7.11 Å². The Morgan fingerprint density at radius 2 is 1.94 bits per heavy atom. The van der Waals surface area contributed by atoms with E-state index in [1.165, 1.54) is 14.0 Å². The van der Waals surface area contributed by atoms with Crippen LogP contribution in [-0.2, 0) is 9.05 Å². The average Bonchev–Trinajstić information content (AvgIpc) is 2.17. The molecule has 0 radical (unpaired) electrons. The van der Waals surface area contributed by atoms with Gasteiger partial charge < -0.3 is 9.47 Å². The molecule has 0 aliphatic rings. The fourth-order valence-corrected chi connectivity index (χ4v) is 2.05. The summed E-state index contributed by atoms with van der Waals surface area (Å²) in [7, 11) is 1.67. The SMILES string of the molecule is COc1cc(C)c(OC(F)(F)F)c(S(=O)(=O)Cl)n1. The standard InChI is InChI=1S/C8H7ClF3NO4S/c1-4-3-5(16-2)13-7(18(9,14)15)6(4)17-8(10,11)12/h3H,1-2H3. The summed E-state index contributed by atoms with van der Waals surface area (Å²) in [6.07, 6.45) is -5.06. The second-order valence-corrected chi connectivity index (χ2v) is 5.58. The fourth-order valence-electron chi connectivity index (χ4n) is 1.11. The molecule has 1 heterocycles. The summed E-state index contributed by atoms with van der Waals surface area (Å²) in [4.78, 5) is 3.34. The van der Waals surface area contributed by atoms with Crippen LogP contribution < -0.4 is 9.47 Å². The molecule has 0 fully saturated rings.